The summed E-state index contributed by atoms with van der Waals surface area (Å²) in [6.07, 6.45) is 1.24. The first-order valence-electron chi connectivity index (χ1n) is 7.25. The van der Waals surface area contributed by atoms with Gasteiger partial charge in [0.1, 0.15) is 0 Å². The van der Waals surface area contributed by atoms with E-state index in [0.29, 0.717) is 13.0 Å². The summed E-state index contributed by atoms with van der Waals surface area (Å²) in [7, 11) is 0. The van der Waals surface area contributed by atoms with Gasteiger partial charge in [-0.25, -0.2) is 0 Å². The average molecular weight is 322 g/mol. The van der Waals surface area contributed by atoms with Gasteiger partial charge in [0.2, 0.25) is 0 Å². The number of ether oxygens (including phenoxy) is 1. The van der Waals surface area contributed by atoms with Crippen LogP contribution in [0.5, 0.6) is 0 Å². The van der Waals surface area contributed by atoms with Crippen LogP contribution in [0.25, 0.3) is 0 Å². The number of hydrogen-bond donors (Lipinski definition) is 0. The van der Waals surface area contributed by atoms with Gasteiger partial charge in [-0.2, -0.15) is 0 Å². The third-order valence-corrected chi connectivity index (χ3v) is 6.23. The topological polar surface area (TPSA) is 26.3 Å². The van der Waals surface area contributed by atoms with Crippen molar-refractivity contribution in [2.24, 2.45) is 0 Å². The molecule has 0 spiro atoms. The quantitative estimate of drug-likeness (QED) is 0.694. The molecule has 2 nitrogen and oxygen atoms in total. The lowest BCUT2D eigenvalue weighted by atomic mass is 9.82. The molecule has 0 saturated heterocycles. The lowest BCUT2D eigenvalue weighted by molar-refractivity contribution is -0.143. The highest BCUT2D eigenvalue weighted by atomic mass is 32.1. The number of esters is 1. The van der Waals surface area contributed by atoms with Crippen LogP contribution in [0, 0.1) is 13.8 Å². The molecule has 0 N–H and O–H groups in total. The molecule has 4 heteroatoms. The number of carbonyl (C=O) groups is 1. The molecule has 2 rings (SSSR count). The van der Waals surface area contributed by atoms with E-state index in [1.54, 1.807) is 0 Å². The van der Waals surface area contributed by atoms with Crippen LogP contribution < -0.4 is 0 Å². The maximum atomic E-state index is 11.7. The number of carbonyl (C=O) groups excluding carboxylic acids is 1. The summed E-state index contributed by atoms with van der Waals surface area (Å²) in [6.45, 7) is 8.79. The van der Waals surface area contributed by atoms with E-state index in [0.717, 1.165) is 6.42 Å². The van der Waals surface area contributed by atoms with Crippen LogP contribution in [-0.4, -0.2) is 12.6 Å². The number of aryl methyl sites for hydroxylation is 2. The van der Waals surface area contributed by atoms with E-state index in [9.17, 15) is 4.79 Å². The molecule has 0 aliphatic carbocycles. The van der Waals surface area contributed by atoms with Crippen LogP contribution in [0.15, 0.2) is 24.3 Å². The normalized spacial score (nSPS) is 11.6. The van der Waals surface area contributed by atoms with Crippen molar-refractivity contribution in [2.75, 3.05) is 6.61 Å². The fraction of sp³-hybridized carbons (Fsp3) is 0.471. The number of thiophene rings is 2. The van der Waals surface area contributed by atoms with Crippen molar-refractivity contribution in [2.45, 2.75) is 46.0 Å². The second-order valence-corrected chi connectivity index (χ2v) is 8.03. The monoisotopic (exact) mass is 322 g/mol. The van der Waals surface area contributed by atoms with Crippen LogP contribution in [0.3, 0.4) is 0 Å². The van der Waals surface area contributed by atoms with Gasteiger partial charge in [0, 0.05) is 31.3 Å². The highest BCUT2D eigenvalue weighted by Gasteiger charge is 2.32. The first-order valence-corrected chi connectivity index (χ1v) is 8.88. The van der Waals surface area contributed by atoms with E-state index >= 15 is 0 Å². The molecule has 2 heterocycles. The highest BCUT2D eigenvalue weighted by molar-refractivity contribution is 7.13. The summed E-state index contributed by atoms with van der Waals surface area (Å²) in [5, 5.41) is 0. The van der Waals surface area contributed by atoms with Gasteiger partial charge in [-0.05, 0) is 58.4 Å². The minimum absolute atomic E-state index is 0.106. The van der Waals surface area contributed by atoms with Crippen molar-refractivity contribution < 1.29 is 9.53 Å². The van der Waals surface area contributed by atoms with E-state index in [1.165, 1.54) is 19.5 Å². The summed E-state index contributed by atoms with van der Waals surface area (Å²) in [6, 6.07) is 8.70. The van der Waals surface area contributed by atoms with Crippen molar-refractivity contribution in [1.82, 2.24) is 0 Å². The molecule has 2 aromatic heterocycles. The van der Waals surface area contributed by atoms with Gasteiger partial charge in [-0.15, -0.1) is 22.7 Å². The zero-order valence-corrected chi connectivity index (χ0v) is 14.7. The summed E-state index contributed by atoms with van der Waals surface area (Å²) in [5.74, 6) is -0.106. The van der Waals surface area contributed by atoms with Gasteiger partial charge in [0.25, 0.3) is 0 Å². The lowest BCUT2D eigenvalue weighted by Crippen LogP contribution is -2.23. The van der Waals surface area contributed by atoms with Gasteiger partial charge >= 0.3 is 5.97 Å². The molecule has 114 valence electrons. The third-order valence-electron chi connectivity index (χ3n) is 3.70. The first kappa shape index (κ1) is 16.2. The van der Waals surface area contributed by atoms with Crippen molar-refractivity contribution in [3.05, 3.63) is 43.8 Å². The maximum Gasteiger partial charge on any atom is 0.305 e. The summed E-state index contributed by atoms with van der Waals surface area (Å²) in [5.41, 5.74) is -0.107. The molecular formula is C17H22O2S2. The van der Waals surface area contributed by atoms with E-state index in [2.05, 4.69) is 45.0 Å². The molecule has 0 saturated carbocycles. The van der Waals surface area contributed by atoms with E-state index in [-0.39, 0.29) is 11.4 Å². The standard InChI is InChI=1S/C17H22O2S2/c1-5-19-16(18)10-11-17(4,14-8-6-12(2)20-14)15-9-7-13(3)21-15/h6-9H,5,10-11H2,1-4H3. The molecule has 2 aromatic rings. The smallest absolute Gasteiger partial charge is 0.305 e. The number of rotatable bonds is 6. The van der Waals surface area contributed by atoms with Gasteiger partial charge < -0.3 is 4.74 Å². The Bertz CT molecular complexity index is 570. The fourth-order valence-corrected chi connectivity index (χ4v) is 4.59. The molecule has 0 unspecified atom stereocenters. The Morgan fingerprint density at radius 3 is 2.00 bits per heavy atom. The zero-order valence-electron chi connectivity index (χ0n) is 13.1. The number of hydrogen-bond acceptors (Lipinski definition) is 4. The molecule has 0 bridgehead atoms. The SMILES string of the molecule is CCOC(=O)CCC(C)(c1ccc(C)s1)c1ccc(C)s1. The van der Waals surface area contributed by atoms with Crippen molar-refractivity contribution in [3.8, 4) is 0 Å². The molecule has 0 aliphatic rings. The van der Waals surface area contributed by atoms with Crippen LogP contribution >= 0.6 is 22.7 Å². The molecule has 0 atom stereocenters. The van der Waals surface area contributed by atoms with Crippen LogP contribution in [0.4, 0.5) is 0 Å². The van der Waals surface area contributed by atoms with Gasteiger partial charge in [0.15, 0.2) is 0 Å². The highest BCUT2D eigenvalue weighted by Crippen LogP contribution is 2.42. The second-order valence-electron chi connectivity index (χ2n) is 5.46. The predicted octanol–water partition coefficient (Wildman–Crippen LogP) is 5.08. The second kappa shape index (κ2) is 6.75. The van der Waals surface area contributed by atoms with Crippen LogP contribution in [0.2, 0.25) is 0 Å². The Morgan fingerprint density at radius 2 is 1.62 bits per heavy atom. The third kappa shape index (κ3) is 3.74. The Balaban J connectivity index is 2.28. The molecule has 0 fully saturated rings. The van der Waals surface area contributed by atoms with E-state index < -0.39 is 0 Å². The molecule has 0 amide bonds. The average Bonchev–Trinajstić information content (AvgIpc) is 3.06. The Morgan fingerprint density at radius 1 is 1.10 bits per heavy atom. The van der Waals surface area contributed by atoms with Crippen molar-refractivity contribution in [3.63, 3.8) is 0 Å². The maximum absolute atomic E-state index is 11.7. The van der Waals surface area contributed by atoms with Crippen LogP contribution in [-0.2, 0) is 14.9 Å². The Hall–Kier alpha value is -1.13. The summed E-state index contributed by atoms with van der Waals surface area (Å²) < 4.78 is 5.09. The van der Waals surface area contributed by atoms with Gasteiger partial charge in [0.05, 0.1) is 6.61 Å². The van der Waals surface area contributed by atoms with Gasteiger partial charge in [-0.3, -0.25) is 4.79 Å². The summed E-state index contributed by atoms with van der Waals surface area (Å²) in [4.78, 5) is 17.0. The first-order chi connectivity index (χ1) is 9.95. The van der Waals surface area contributed by atoms with E-state index in [1.807, 2.05) is 29.6 Å². The largest absolute Gasteiger partial charge is 0.466 e. The van der Waals surface area contributed by atoms with Crippen molar-refractivity contribution in [1.29, 1.82) is 0 Å². The fourth-order valence-electron chi connectivity index (χ4n) is 2.42. The predicted molar refractivity (Wildman–Crippen MR) is 90.4 cm³/mol. The Kier molecular flexibility index (Phi) is 5.22. The minimum Gasteiger partial charge on any atom is -0.466 e. The minimum atomic E-state index is -0.107. The summed E-state index contributed by atoms with van der Waals surface area (Å²) >= 11 is 3.64. The molecule has 0 aliphatic heterocycles. The Labute approximate surface area is 134 Å². The molecule has 0 aromatic carbocycles. The zero-order chi connectivity index (χ0) is 15.5. The molecule has 21 heavy (non-hydrogen) atoms. The van der Waals surface area contributed by atoms with E-state index in [4.69, 9.17) is 4.74 Å². The van der Waals surface area contributed by atoms with Gasteiger partial charge in [-0.1, -0.05) is 0 Å². The molecular weight excluding hydrogens is 300 g/mol. The van der Waals surface area contributed by atoms with Crippen molar-refractivity contribution >= 4 is 28.6 Å². The lowest BCUT2D eigenvalue weighted by Gasteiger charge is -2.27. The molecule has 0 radical (unpaired) electrons. The van der Waals surface area contributed by atoms with Crippen LogP contribution in [0.1, 0.15) is 46.2 Å².